The van der Waals surface area contributed by atoms with Crippen LogP contribution >= 0.6 is 0 Å². The topological polar surface area (TPSA) is 66.4 Å². The Morgan fingerprint density at radius 3 is 2.65 bits per heavy atom. The van der Waals surface area contributed by atoms with Gasteiger partial charge >= 0.3 is 6.18 Å². The average molecular weight is 442 g/mol. The smallest absolute Gasteiger partial charge is 0.422 e. The summed E-state index contributed by atoms with van der Waals surface area (Å²) in [5, 5.41) is 3.25. The molecule has 1 amide bonds. The van der Waals surface area contributed by atoms with Crippen LogP contribution in [0.2, 0.25) is 0 Å². The molecule has 1 atom stereocenters. The number of carbonyl (C=O) groups excluding carboxylic acids is 1. The number of amides is 1. The lowest BCUT2D eigenvalue weighted by molar-refractivity contribution is -0.153. The highest BCUT2D eigenvalue weighted by molar-refractivity contribution is 5.82. The molecule has 2 aliphatic heterocycles. The summed E-state index contributed by atoms with van der Waals surface area (Å²) in [6.45, 7) is 4.79. The van der Waals surface area contributed by atoms with Crippen LogP contribution in [0.25, 0.3) is 0 Å². The first-order valence-electron chi connectivity index (χ1n) is 10.6. The largest absolute Gasteiger partial charge is 0.484 e. The van der Waals surface area contributed by atoms with E-state index in [1.807, 2.05) is 11.8 Å². The Hall–Kier alpha value is -2.49. The van der Waals surface area contributed by atoms with Crippen molar-refractivity contribution in [2.75, 3.05) is 45.9 Å². The molecule has 1 aromatic carbocycles. The Balaban J connectivity index is 1.56. The van der Waals surface area contributed by atoms with Gasteiger partial charge < -0.3 is 24.6 Å². The van der Waals surface area contributed by atoms with Crippen LogP contribution in [0.3, 0.4) is 0 Å². The number of piperazine rings is 1. The predicted octanol–water partition coefficient (Wildman–Crippen LogP) is 2.42. The number of ether oxygens (including phenoxy) is 2. The van der Waals surface area contributed by atoms with Crippen LogP contribution in [0, 0.1) is 0 Å². The second-order valence-electron chi connectivity index (χ2n) is 7.54. The summed E-state index contributed by atoms with van der Waals surface area (Å²) in [4.78, 5) is 21.1. The number of hydrogen-bond donors (Lipinski definition) is 1. The molecule has 0 aliphatic carbocycles. The fourth-order valence-corrected chi connectivity index (χ4v) is 3.61. The van der Waals surface area contributed by atoms with E-state index in [9.17, 15) is 18.0 Å². The zero-order valence-corrected chi connectivity index (χ0v) is 17.7. The van der Waals surface area contributed by atoms with E-state index in [1.165, 1.54) is 6.07 Å². The van der Waals surface area contributed by atoms with Crippen LogP contribution in [0.4, 0.5) is 13.2 Å². The summed E-state index contributed by atoms with van der Waals surface area (Å²) in [6, 6.07) is 6.51. The number of carbonyl (C=O) groups is 1. The summed E-state index contributed by atoms with van der Waals surface area (Å²) in [5.41, 5.74) is 0.752. The zero-order valence-electron chi connectivity index (χ0n) is 17.7. The molecule has 1 N–H and O–H groups in total. The molecule has 0 saturated carbocycles. The van der Waals surface area contributed by atoms with Crippen molar-refractivity contribution in [2.24, 2.45) is 4.99 Å². The monoisotopic (exact) mass is 442 g/mol. The van der Waals surface area contributed by atoms with Gasteiger partial charge in [0.25, 0.3) is 5.91 Å². The summed E-state index contributed by atoms with van der Waals surface area (Å²) in [6.07, 6.45) is -2.97. The molecule has 2 fully saturated rings. The quantitative estimate of drug-likeness (QED) is 0.542. The molecule has 1 aromatic rings. The summed E-state index contributed by atoms with van der Waals surface area (Å²) in [5.74, 6) is 0.944. The lowest BCUT2D eigenvalue weighted by Crippen LogP contribution is -2.55. The summed E-state index contributed by atoms with van der Waals surface area (Å²) >= 11 is 0. The van der Waals surface area contributed by atoms with Crippen molar-refractivity contribution in [1.29, 1.82) is 0 Å². The molecule has 0 bridgehead atoms. The summed E-state index contributed by atoms with van der Waals surface area (Å²) in [7, 11) is 0. The minimum atomic E-state index is -4.38. The lowest BCUT2D eigenvalue weighted by Gasteiger charge is -2.37. The highest BCUT2D eigenvalue weighted by atomic mass is 19.4. The molecule has 31 heavy (non-hydrogen) atoms. The number of halogens is 3. The van der Waals surface area contributed by atoms with E-state index in [-0.39, 0.29) is 17.8 Å². The van der Waals surface area contributed by atoms with Gasteiger partial charge in [-0.15, -0.1) is 0 Å². The first kappa shape index (κ1) is 23.2. The van der Waals surface area contributed by atoms with Gasteiger partial charge in [-0.2, -0.15) is 13.2 Å². The highest BCUT2D eigenvalue weighted by Gasteiger charge is 2.31. The number of hydrogen-bond acceptors (Lipinski definition) is 4. The van der Waals surface area contributed by atoms with E-state index in [4.69, 9.17) is 9.47 Å². The van der Waals surface area contributed by atoms with Gasteiger partial charge in [0, 0.05) is 39.3 Å². The molecule has 0 spiro atoms. The van der Waals surface area contributed by atoms with Gasteiger partial charge in [0.15, 0.2) is 12.6 Å². The molecule has 7 nitrogen and oxygen atoms in total. The van der Waals surface area contributed by atoms with Crippen LogP contribution in [0.5, 0.6) is 5.75 Å². The van der Waals surface area contributed by atoms with Crippen molar-refractivity contribution in [3.63, 3.8) is 0 Å². The van der Waals surface area contributed by atoms with E-state index in [1.54, 1.807) is 18.2 Å². The fourth-order valence-electron chi connectivity index (χ4n) is 3.61. The molecular formula is C21H29F3N4O3. The fraction of sp³-hybridized carbons (Fsp3) is 0.619. The van der Waals surface area contributed by atoms with E-state index in [2.05, 4.69) is 15.2 Å². The molecule has 1 unspecified atom stereocenters. The SMILES string of the molecule is CCNC(=NCc1cccc(OCC(F)(F)F)c1)N1CCN(C(=O)C2CCCO2)CC1. The molecule has 2 heterocycles. The normalized spacial score (nSPS) is 20.1. The maximum Gasteiger partial charge on any atom is 0.422 e. The van der Waals surface area contributed by atoms with E-state index in [0.29, 0.717) is 51.8 Å². The molecule has 2 saturated heterocycles. The molecular weight excluding hydrogens is 413 g/mol. The third-order valence-electron chi connectivity index (χ3n) is 5.14. The van der Waals surface area contributed by atoms with Gasteiger partial charge in [0.2, 0.25) is 0 Å². The van der Waals surface area contributed by atoms with Gasteiger partial charge in [-0.25, -0.2) is 4.99 Å². The Morgan fingerprint density at radius 2 is 2.00 bits per heavy atom. The Labute approximate surface area is 180 Å². The molecule has 0 aromatic heterocycles. The molecule has 3 rings (SSSR count). The Kier molecular flexibility index (Phi) is 8.00. The Bertz CT molecular complexity index is 758. The van der Waals surface area contributed by atoms with E-state index < -0.39 is 12.8 Å². The van der Waals surface area contributed by atoms with Gasteiger partial charge in [0.1, 0.15) is 11.9 Å². The maximum absolute atomic E-state index is 12.5. The second-order valence-corrected chi connectivity index (χ2v) is 7.54. The molecule has 0 radical (unpaired) electrons. The first-order valence-corrected chi connectivity index (χ1v) is 10.6. The van der Waals surface area contributed by atoms with Crippen LogP contribution in [0.1, 0.15) is 25.3 Å². The van der Waals surface area contributed by atoms with Crippen molar-refractivity contribution in [3.8, 4) is 5.75 Å². The predicted molar refractivity (Wildman–Crippen MR) is 110 cm³/mol. The highest BCUT2D eigenvalue weighted by Crippen LogP contribution is 2.20. The maximum atomic E-state index is 12.5. The van der Waals surface area contributed by atoms with Crippen LogP contribution in [-0.2, 0) is 16.1 Å². The summed E-state index contributed by atoms with van der Waals surface area (Å²) < 4.78 is 47.4. The van der Waals surface area contributed by atoms with Crippen LogP contribution < -0.4 is 10.1 Å². The number of nitrogens with zero attached hydrogens (tertiary/aromatic N) is 3. The number of benzene rings is 1. The van der Waals surface area contributed by atoms with Crippen molar-refractivity contribution in [3.05, 3.63) is 29.8 Å². The number of alkyl halides is 3. The standard InChI is InChI=1S/C21H29F3N4O3/c1-2-25-20(26-14-16-5-3-6-17(13-16)31-15-21(22,23)24)28-10-8-27(9-11-28)19(29)18-7-4-12-30-18/h3,5-6,13,18H,2,4,7-12,14-15H2,1H3,(H,25,26). The lowest BCUT2D eigenvalue weighted by atomic mass is 10.2. The third-order valence-corrected chi connectivity index (χ3v) is 5.14. The number of nitrogens with one attached hydrogen (secondary N) is 1. The van der Waals surface area contributed by atoms with Gasteiger partial charge in [-0.3, -0.25) is 4.79 Å². The molecule has 172 valence electrons. The number of guanidine groups is 1. The number of aliphatic imine (C=N–C) groups is 1. The molecule has 2 aliphatic rings. The Morgan fingerprint density at radius 1 is 1.26 bits per heavy atom. The minimum Gasteiger partial charge on any atom is -0.484 e. The second kappa shape index (κ2) is 10.7. The van der Waals surface area contributed by atoms with Crippen molar-refractivity contribution in [1.82, 2.24) is 15.1 Å². The van der Waals surface area contributed by atoms with Crippen molar-refractivity contribution >= 4 is 11.9 Å². The van der Waals surface area contributed by atoms with E-state index >= 15 is 0 Å². The van der Waals surface area contributed by atoms with Gasteiger partial charge in [0.05, 0.1) is 6.54 Å². The average Bonchev–Trinajstić information content (AvgIpc) is 3.30. The van der Waals surface area contributed by atoms with Crippen LogP contribution in [-0.4, -0.2) is 79.9 Å². The van der Waals surface area contributed by atoms with Gasteiger partial charge in [-0.05, 0) is 37.5 Å². The third kappa shape index (κ3) is 7.02. The first-order chi connectivity index (χ1) is 14.9. The van der Waals surface area contributed by atoms with E-state index in [0.717, 1.165) is 18.4 Å². The van der Waals surface area contributed by atoms with Crippen LogP contribution in [0.15, 0.2) is 29.3 Å². The van der Waals surface area contributed by atoms with Gasteiger partial charge in [-0.1, -0.05) is 12.1 Å². The van der Waals surface area contributed by atoms with Crippen molar-refractivity contribution < 1.29 is 27.4 Å². The minimum absolute atomic E-state index is 0.0646. The van der Waals surface area contributed by atoms with Crippen molar-refractivity contribution in [2.45, 2.75) is 38.6 Å². The number of rotatable bonds is 6. The molecule has 10 heteroatoms. The zero-order chi connectivity index (χ0) is 22.3.